The number of ether oxygens (including phenoxy) is 1. The summed E-state index contributed by atoms with van der Waals surface area (Å²) >= 11 is 0. The molecule has 1 fully saturated rings. The standard InChI is InChI=1S/C25H23N3O3/c1-25(30)13-12-17(15-25)19-5-4-14-26-24(19)31-18-10-8-16(9-11-18)22(29)23-27-20-6-2-3-7-21(20)28-23/h2-11,14,17,30H,12-13,15H2,1H3,(H,27,28)/t17-,25?/m1/s1. The third kappa shape index (κ3) is 3.94. The van der Waals surface area contributed by atoms with Crippen molar-refractivity contribution >= 4 is 16.8 Å². The molecule has 5 rings (SSSR count). The molecule has 2 heterocycles. The van der Waals surface area contributed by atoms with Crippen molar-refractivity contribution in [3.63, 3.8) is 0 Å². The van der Waals surface area contributed by atoms with Gasteiger partial charge in [-0.2, -0.15) is 0 Å². The highest BCUT2D eigenvalue weighted by molar-refractivity contribution is 6.08. The molecule has 2 aromatic carbocycles. The monoisotopic (exact) mass is 413 g/mol. The Kier molecular flexibility index (Phi) is 4.79. The highest BCUT2D eigenvalue weighted by Crippen LogP contribution is 2.43. The number of pyridine rings is 1. The summed E-state index contributed by atoms with van der Waals surface area (Å²) < 4.78 is 6.05. The Labute approximate surface area is 179 Å². The quantitative estimate of drug-likeness (QED) is 0.450. The lowest BCUT2D eigenvalue weighted by molar-refractivity contribution is 0.0664. The molecule has 31 heavy (non-hydrogen) atoms. The highest BCUT2D eigenvalue weighted by Gasteiger charge is 2.35. The van der Waals surface area contributed by atoms with Crippen LogP contribution in [0.15, 0.2) is 66.9 Å². The lowest BCUT2D eigenvalue weighted by Gasteiger charge is -2.18. The van der Waals surface area contributed by atoms with Gasteiger partial charge in [0, 0.05) is 17.3 Å². The Hall–Kier alpha value is -3.51. The molecule has 0 radical (unpaired) electrons. The van der Waals surface area contributed by atoms with Gasteiger partial charge in [0.05, 0.1) is 16.6 Å². The first kappa shape index (κ1) is 19.5. The maximum absolute atomic E-state index is 12.8. The van der Waals surface area contributed by atoms with Crippen molar-refractivity contribution in [2.24, 2.45) is 0 Å². The summed E-state index contributed by atoms with van der Waals surface area (Å²) in [6, 6.07) is 18.4. The van der Waals surface area contributed by atoms with E-state index in [1.807, 2.05) is 43.3 Å². The molecule has 1 saturated carbocycles. The van der Waals surface area contributed by atoms with E-state index >= 15 is 0 Å². The number of hydrogen-bond donors (Lipinski definition) is 2. The number of benzene rings is 2. The number of H-pyrrole nitrogens is 1. The van der Waals surface area contributed by atoms with Gasteiger partial charge in [0.1, 0.15) is 5.75 Å². The van der Waals surface area contributed by atoms with Gasteiger partial charge < -0.3 is 14.8 Å². The molecule has 0 bridgehead atoms. The number of aromatic amines is 1. The van der Waals surface area contributed by atoms with Crippen molar-refractivity contribution in [2.75, 3.05) is 0 Å². The number of rotatable bonds is 5. The Bertz CT molecular complexity index is 1210. The molecule has 6 nitrogen and oxygen atoms in total. The minimum atomic E-state index is -0.642. The van der Waals surface area contributed by atoms with Crippen LogP contribution in [-0.2, 0) is 0 Å². The van der Waals surface area contributed by atoms with E-state index in [-0.39, 0.29) is 11.7 Å². The molecule has 2 aromatic heterocycles. The Morgan fingerprint density at radius 2 is 1.94 bits per heavy atom. The molecular formula is C25H23N3O3. The second kappa shape index (κ2) is 7.63. The average Bonchev–Trinajstić information content (AvgIpc) is 3.37. The maximum atomic E-state index is 12.8. The zero-order valence-corrected chi connectivity index (χ0v) is 17.2. The summed E-state index contributed by atoms with van der Waals surface area (Å²) in [5.74, 6) is 1.50. The van der Waals surface area contributed by atoms with Gasteiger partial charge in [-0.3, -0.25) is 4.79 Å². The largest absolute Gasteiger partial charge is 0.439 e. The first-order valence-electron chi connectivity index (χ1n) is 10.4. The third-order valence-corrected chi connectivity index (χ3v) is 5.89. The van der Waals surface area contributed by atoms with E-state index in [9.17, 15) is 9.90 Å². The van der Waals surface area contributed by atoms with E-state index < -0.39 is 5.60 Å². The summed E-state index contributed by atoms with van der Waals surface area (Å²) in [5.41, 5.74) is 2.48. The van der Waals surface area contributed by atoms with Crippen LogP contribution in [0.2, 0.25) is 0 Å². The lowest BCUT2D eigenvalue weighted by atomic mass is 9.96. The third-order valence-electron chi connectivity index (χ3n) is 5.89. The molecule has 0 saturated heterocycles. The van der Waals surface area contributed by atoms with Gasteiger partial charge >= 0.3 is 0 Å². The fourth-order valence-electron chi connectivity index (χ4n) is 4.27. The predicted octanol–water partition coefficient (Wildman–Crippen LogP) is 5.00. The molecule has 4 aromatic rings. The van der Waals surface area contributed by atoms with Gasteiger partial charge in [-0.25, -0.2) is 9.97 Å². The SMILES string of the molecule is CC1(O)CC[C@@H](c2cccnc2Oc2ccc(C(=O)c3nc4ccccc4[nH]3)cc2)C1. The van der Waals surface area contributed by atoms with E-state index in [4.69, 9.17) is 4.74 Å². The molecule has 1 aliphatic carbocycles. The Morgan fingerprint density at radius 3 is 2.68 bits per heavy atom. The van der Waals surface area contributed by atoms with Crippen molar-refractivity contribution in [1.29, 1.82) is 0 Å². The van der Waals surface area contributed by atoms with Crippen molar-refractivity contribution in [3.8, 4) is 11.6 Å². The normalized spacial score (nSPS) is 20.8. The molecule has 1 unspecified atom stereocenters. The summed E-state index contributed by atoms with van der Waals surface area (Å²) in [5, 5.41) is 10.3. The summed E-state index contributed by atoms with van der Waals surface area (Å²) in [6.07, 6.45) is 4.07. The molecular weight excluding hydrogens is 390 g/mol. The number of nitrogens with zero attached hydrogens (tertiary/aromatic N) is 2. The van der Waals surface area contributed by atoms with Crippen molar-refractivity contribution in [2.45, 2.75) is 37.7 Å². The lowest BCUT2D eigenvalue weighted by Crippen LogP contribution is -2.18. The Balaban J connectivity index is 1.35. The van der Waals surface area contributed by atoms with Gasteiger partial charge in [0.2, 0.25) is 11.7 Å². The zero-order valence-electron chi connectivity index (χ0n) is 17.2. The van der Waals surface area contributed by atoms with Crippen LogP contribution >= 0.6 is 0 Å². The molecule has 2 atom stereocenters. The van der Waals surface area contributed by atoms with Crippen LogP contribution in [0.3, 0.4) is 0 Å². The van der Waals surface area contributed by atoms with Gasteiger partial charge in [-0.15, -0.1) is 0 Å². The van der Waals surface area contributed by atoms with Gasteiger partial charge in [0.25, 0.3) is 0 Å². The first-order valence-corrected chi connectivity index (χ1v) is 10.4. The van der Waals surface area contributed by atoms with E-state index in [2.05, 4.69) is 15.0 Å². The number of carbonyl (C=O) groups is 1. The maximum Gasteiger partial charge on any atom is 0.228 e. The van der Waals surface area contributed by atoms with Crippen LogP contribution in [-0.4, -0.2) is 31.4 Å². The molecule has 0 amide bonds. The number of aliphatic hydroxyl groups is 1. The molecule has 0 aliphatic heterocycles. The Morgan fingerprint density at radius 1 is 1.13 bits per heavy atom. The van der Waals surface area contributed by atoms with Gasteiger partial charge in [-0.1, -0.05) is 18.2 Å². The number of nitrogens with one attached hydrogen (secondary N) is 1. The number of para-hydroxylation sites is 2. The van der Waals surface area contributed by atoms with Crippen LogP contribution in [0.25, 0.3) is 11.0 Å². The number of imidazole rings is 1. The second-order valence-corrected chi connectivity index (χ2v) is 8.39. The number of carbonyl (C=O) groups excluding carboxylic acids is 1. The number of ketones is 1. The van der Waals surface area contributed by atoms with Crippen molar-refractivity contribution in [1.82, 2.24) is 15.0 Å². The zero-order chi connectivity index (χ0) is 21.4. The summed E-state index contributed by atoms with van der Waals surface area (Å²) in [7, 11) is 0. The molecule has 156 valence electrons. The highest BCUT2D eigenvalue weighted by atomic mass is 16.5. The molecule has 2 N–H and O–H groups in total. The number of hydrogen-bond acceptors (Lipinski definition) is 5. The molecule has 6 heteroatoms. The smallest absolute Gasteiger partial charge is 0.228 e. The minimum Gasteiger partial charge on any atom is -0.439 e. The molecule has 0 spiro atoms. The number of fused-ring (bicyclic) bond motifs is 1. The van der Waals surface area contributed by atoms with Crippen LogP contribution in [0.4, 0.5) is 0 Å². The van der Waals surface area contributed by atoms with Crippen molar-refractivity contribution < 1.29 is 14.6 Å². The van der Waals surface area contributed by atoms with Gasteiger partial charge in [-0.05, 0) is 74.6 Å². The topological polar surface area (TPSA) is 88.1 Å². The first-order chi connectivity index (χ1) is 15.0. The fraction of sp³-hybridized carbons (Fsp3) is 0.240. The van der Waals surface area contributed by atoms with E-state index in [0.717, 1.165) is 29.4 Å². The van der Waals surface area contributed by atoms with Crippen LogP contribution in [0, 0.1) is 0 Å². The van der Waals surface area contributed by atoms with Crippen LogP contribution in [0.1, 0.15) is 53.8 Å². The summed E-state index contributed by atoms with van der Waals surface area (Å²) in [4.78, 5) is 24.7. The summed E-state index contributed by atoms with van der Waals surface area (Å²) in [6.45, 7) is 1.88. The van der Waals surface area contributed by atoms with Crippen LogP contribution in [0.5, 0.6) is 11.6 Å². The number of aromatic nitrogens is 3. The van der Waals surface area contributed by atoms with E-state index in [0.29, 0.717) is 29.4 Å². The van der Waals surface area contributed by atoms with Crippen LogP contribution < -0.4 is 4.74 Å². The fourth-order valence-corrected chi connectivity index (χ4v) is 4.27. The second-order valence-electron chi connectivity index (χ2n) is 8.39. The van der Waals surface area contributed by atoms with Gasteiger partial charge in [0.15, 0.2) is 5.82 Å². The average molecular weight is 413 g/mol. The minimum absolute atomic E-state index is 0.172. The predicted molar refractivity (Wildman–Crippen MR) is 117 cm³/mol. The molecule has 1 aliphatic rings. The van der Waals surface area contributed by atoms with Crippen molar-refractivity contribution in [3.05, 3.63) is 83.8 Å². The van der Waals surface area contributed by atoms with E-state index in [1.165, 1.54) is 0 Å². The van der Waals surface area contributed by atoms with E-state index in [1.54, 1.807) is 30.5 Å².